The van der Waals surface area contributed by atoms with Crippen LogP contribution in [0.15, 0.2) is 36.5 Å². The van der Waals surface area contributed by atoms with Crippen LogP contribution in [0.25, 0.3) is 22.2 Å². The molecule has 256 valence electrons. The van der Waals surface area contributed by atoms with Crippen LogP contribution in [0.4, 0.5) is 17.6 Å². The number of methoxy groups -OCH3 is 1. The molecule has 4 aliphatic rings. The van der Waals surface area contributed by atoms with E-state index in [1.807, 2.05) is 0 Å². The predicted octanol–water partition coefficient (Wildman–Crippen LogP) is 4.15. The first-order chi connectivity index (χ1) is 23.2. The van der Waals surface area contributed by atoms with Crippen molar-refractivity contribution in [2.75, 3.05) is 20.3 Å². The van der Waals surface area contributed by atoms with Gasteiger partial charge in [-0.25, -0.2) is 18.4 Å². The van der Waals surface area contributed by atoms with Gasteiger partial charge < -0.3 is 35.1 Å². The largest absolute Gasteiger partial charge is 0.586 e. The van der Waals surface area contributed by atoms with E-state index in [4.69, 9.17) is 15.2 Å². The summed E-state index contributed by atoms with van der Waals surface area (Å²) < 4.78 is 80.6. The predicted molar refractivity (Wildman–Crippen MR) is 161 cm³/mol. The Bertz CT molecular complexity index is 2100. The molecule has 4 aromatic rings. The van der Waals surface area contributed by atoms with Crippen LogP contribution in [0, 0.1) is 11.7 Å². The fourth-order valence-corrected chi connectivity index (χ4v) is 6.47. The topological polar surface area (TPSA) is 160 Å². The van der Waals surface area contributed by atoms with Gasteiger partial charge >= 0.3 is 6.29 Å². The number of amides is 2. The maximum absolute atomic E-state index is 16.7. The number of rotatable bonds is 9. The number of benzene rings is 2. The number of aromatic nitrogens is 3. The Morgan fingerprint density at radius 1 is 1.16 bits per heavy atom. The first-order valence-electron chi connectivity index (χ1n) is 15.5. The smallest absolute Gasteiger partial charge is 0.494 e. The number of ether oxygens (including phenoxy) is 4. The number of primary amides is 1. The Balaban J connectivity index is 1.18. The fourth-order valence-electron chi connectivity index (χ4n) is 6.47. The number of alkyl halides is 3. The lowest BCUT2D eigenvalue weighted by Crippen LogP contribution is -2.45. The molecule has 0 spiro atoms. The second-order valence-electron chi connectivity index (χ2n) is 13.1. The molecule has 2 aliphatic carbocycles. The average Bonchev–Trinajstić information content (AvgIpc) is 3.94. The highest BCUT2D eigenvalue weighted by Crippen LogP contribution is 2.53. The van der Waals surface area contributed by atoms with Crippen molar-refractivity contribution in [3.05, 3.63) is 59.2 Å². The van der Waals surface area contributed by atoms with E-state index in [2.05, 4.69) is 24.9 Å². The molecule has 2 aliphatic heterocycles. The van der Waals surface area contributed by atoms with E-state index >= 15 is 4.39 Å². The molecule has 12 nitrogen and oxygen atoms in total. The van der Waals surface area contributed by atoms with Crippen molar-refractivity contribution in [2.24, 2.45) is 11.7 Å². The third kappa shape index (κ3) is 4.82. The molecule has 8 rings (SSSR count). The molecule has 2 amide bonds. The van der Waals surface area contributed by atoms with E-state index in [0.29, 0.717) is 36.6 Å². The molecule has 16 heteroatoms. The van der Waals surface area contributed by atoms with Crippen molar-refractivity contribution in [1.82, 2.24) is 20.1 Å². The summed E-state index contributed by atoms with van der Waals surface area (Å²) in [6.07, 6.45) is -0.847. The van der Waals surface area contributed by atoms with E-state index < -0.39 is 58.9 Å². The van der Waals surface area contributed by atoms with Crippen molar-refractivity contribution >= 4 is 22.7 Å². The number of fused-ring (bicyclic) bond motifs is 3. The van der Waals surface area contributed by atoms with Crippen LogP contribution >= 0.6 is 0 Å². The van der Waals surface area contributed by atoms with E-state index in [0.717, 1.165) is 0 Å². The number of nitrogens with zero attached hydrogens (tertiary/aromatic N) is 3. The lowest BCUT2D eigenvalue weighted by Gasteiger charge is -2.30. The van der Waals surface area contributed by atoms with Crippen molar-refractivity contribution in [2.45, 2.75) is 55.7 Å². The minimum atomic E-state index is -3.91. The van der Waals surface area contributed by atoms with Crippen LogP contribution in [0.1, 0.15) is 54.2 Å². The molecule has 2 atom stereocenters. The van der Waals surface area contributed by atoms with Crippen LogP contribution in [0.2, 0.25) is 0 Å². The van der Waals surface area contributed by atoms with Gasteiger partial charge in [-0.05, 0) is 56.0 Å². The van der Waals surface area contributed by atoms with Gasteiger partial charge in [-0.3, -0.25) is 9.59 Å². The van der Waals surface area contributed by atoms with Gasteiger partial charge in [0.05, 0.1) is 19.2 Å². The molecule has 4 N–H and O–H groups in total. The fraction of sp³-hybridized carbons (Fsp3) is 0.394. The molecule has 2 aromatic heterocycles. The third-order valence-electron chi connectivity index (χ3n) is 9.68. The van der Waals surface area contributed by atoms with Crippen molar-refractivity contribution < 1.29 is 51.2 Å². The number of hydrogen-bond donors (Lipinski definition) is 3. The molecule has 0 unspecified atom stereocenters. The van der Waals surface area contributed by atoms with Gasteiger partial charge in [0, 0.05) is 35.6 Å². The van der Waals surface area contributed by atoms with E-state index in [1.165, 1.54) is 55.2 Å². The molecule has 0 bridgehead atoms. The average molecular weight is 684 g/mol. The molecular formula is C33H29F4N5O7. The summed E-state index contributed by atoms with van der Waals surface area (Å²) in [5.41, 5.74) is 1.72. The van der Waals surface area contributed by atoms with Gasteiger partial charge in [0.15, 0.2) is 23.1 Å². The quantitative estimate of drug-likeness (QED) is 0.220. The normalized spacial score (nSPS) is 22.3. The summed E-state index contributed by atoms with van der Waals surface area (Å²) in [7, 11) is 1.39. The lowest BCUT2D eigenvalue weighted by atomic mass is 9.80. The monoisotopic (exact) mass is 683 g/mol. The van der Waals surface area contributed by atoms with E-state index in [-0.39, 0.29) is 52.0 Å². The van der Waals surface area contributed by atoms with Gasteiger partial charge in [-0.1, -0.05) is 0 Å². The molecule has 49 heavy (non-hydrogen) atoms. The highest BCUT2D eigenvalue weighted by Gasteiger charge is 2.53. The standard InChI is InChI=1S/C33H29F4N5O7/c1-30(29(38)44)14-47-26-22(30)23(34)27(40-25(26)15-3-6-19-20(10-15)49-33(36,37)48-19)32(45,18-4-5-18)13-39-28(43)16-9-17-12-42(31(35)7-8-31)41-24(17)21(11-16)46-2/h3,6,9-12,18,45H,4-5,7-8,13-14H2,1-2H3,(H2,38,44)(H,39,43)/t30-,32+/m0/s1. The van der Waals surface area contributed by atoms with Gasteiger partial charge in [0.1, 0.15) is 40.3 Å². The van der Waals surface area contributed by atoms with Crippen LogP contribution in [0.3, 0.4) is 0 Å². The van der Waals surface area contributed by atoms with Crippen LogP contribution in [-0.4, -0.2) is 58.2 Å². The molecule has 0 saturated heterocycles. The third-order valence-corrected chi connectivity index (χ3v) is 9.68. The summed E-state index contributed by atoms with van der Waals surface area (Å²) >= 11 is 0. The van der Waals surface area contributed by atoms with Crippen molar-refractivity contribution in [1.29, 1.82) is 0 Å². The zero-order valence-electron chi connectivity index (χ0n) is 26.1. The number of halogens is 4. The Kier molecular flexibility index (Phi) is 6.49. The number of carbonyl (C=O) groups excluding carboxylic acids is 2. The Morgan fingerprint density at radius 2 is 1.90 bits per heavy atom. The first-order valence-corrected chi connectivity index (χ1v) is 15.5. The van der Waals surface area contributed by atoms with Crippen molar-refractivity contribution in [3.63, 3.8) is 0 Å². The number of hydrogen-bond acceptors (Lipinski definition) is 9. The van der Waals surface area contributed by atoms with Crippen LogP contribution in [0.5, 0.6) is 23.0 Å². The minimum absolute atomic E-state index is 0.0723. The molecule has 2 saturated carbocycles. The summed E-state index contributed by atoms with van der Waals surface area (Å²) in [6.45, 7) is 0.529. The summed E-state index contributed by atoms with van der Waals surface area (Å²) in [5.74, 6) is -5.24. The number of nitrogens with one attached hydrogen (secondary N) is 1. The molecular weight excluding hydrogens is 654 g/mol. The maximum Gasteiger partial charge on any atom is 0.586 e. The van der Waals surface area contributed by atoms with Gasteiger partial charge in [-0.2, -0.15) is 5.10 Å². The number of aliphatic hydroxyl groups is 1. The number of pyridine rings is 1. The van der Waals surface area contributed by atoms with Crippen LogP contribution < -0.4 is 30.0 Å². The molecule has 4 heterocycles. The second kappa shape index (κ2) is 10.2. The SMILES string of the molecule is COc1cc(C(=O)NC[C@](O)(c2nc(-c3ccc4c(c3)OC(F)(F)O4)c3c(c2F)[C@@](C)(C(N)=O)CO3)C2CC2)cc2cn(C3(F)CC3)nc12. The van der Waals surface area contributed by atoms with Crippen LogP contribution in [-0.2, 0) is 21.6 Å². The zero-order chi connectivity index (χ0) is 34.7. The lowest BCUT2D eigenvalue weighted by molar-refractivity contribution is -0.286. The highest BCUT2D eigenvalue weighted by molar-refractivity contribution is 6.00. The Morgan fingerprint density at radius 3 is 2.57 bits per heavy atom. The Labute approximate surface area is 275 Å². The summed E-state index contributed by atoms with van der Waals surface area (Å²) in [5, 5.41) is 19.6. The molecule has 0 radical (unpaired) electrons. The number of carbonyl (C=O) groups is 2. The minimum Gasteiger partial charge on any atom is -0.494 e. The van der Waals surface area contributed by atoms with Gasteiger partial charge in [0.2, 0.25) is 11.7 Å². The second-order valence-corrected chi connectivity index (χ2v) is 13.1. The summed E-state index contributed by atoms with van der Waals surface area (Å²) in [4.78, 5) is 30.7. The summed E-state index contributed by atoms with van der Waals surface area (Å²) in [6, 6.07) is 6.71. The van der Waals surface area contributed by atoms with Crippen molar-refractivity contribution in [3.8, 4) is 34.3 Å². The van der Waals surface area contributed by atoms with Gasteiger partial charge in [0.25, 0.3) is 5.91 Å². The molecule has 2 fully saturated rings. The number of nitrogens with two attached hydrogens (primary N) is 1. The highest BCUT2D eigenvalue weighted by atomic mass is 19.3. The van der Waals surface area contributed by atoms with E-state index in [9.17, 15) is 27.9 Å². The molecule has 2 aromatic carbocycles. The maximum atomic E-state index is 16.7. The zero-order valence-corrected chi connectivity index (χ0v) is 26.1. The van der Waals surface area contributed by atoms with E-state index in [1.54, 1.807) is 0 Å². The Hall–Kier alpha value is -5.12. The first kappa shape index (κ1) is 31.2. The van der Waals surface area contributed by atoms with Gasteiger partial charge in [-0.15, -0.1) is 8.78 Å².